The third kappa shape index (κ3) is 4.58. The molecule has 4 aromatic rings. The van der Waals surface area contributed by atoms with Gasteiger partial charge in [-0.1, -0.05) is 18.2 Å². The van der Waals surface area contributed by atoms with Gasteiger partial charge in [-0.05, 0) is 36.2 Å². The monoisotopic (exact) mass is 422 g/mol. The number of nitrogens with two attached hydrogens (primary N) is 1. The number of carbonyl (C=O) groups excluding carboxylic acids is 1. The Morgan fingerprint density at radius 3 is 3.00 bits per heavy atom. The number of nitrogens with zero attached hydrogens (tertiary/aromatic N) is 2. The molecule has 1 atom stereocenters. The fourth-order valence-electron chi connectivity index (χ4n) is 3.12. The Bertz CT molecular complexity index is 1160. The average molecular weight is 423 g/mol. The molecule has 0 bridgehead atoms. The predicted molar refractivity (Wildman–Crippen MR) is 120 cm³/mol. The molecule has 0 aliphatic carbocycles. The second kappa shape index (κ2) is 8.93. The SMILES string of the molecule is CNc1nccc(-c2ccc(NC(=O)OC[C@@H](N)Cc3c[nH]c4ccccc34)s2)n1. The van der Waals surface area contributed by atoms with Gasteiger partial charge in [-0.2, -0.15) is 0 Å². The second-order valence-electron chi connectivity index (χ2n) is 6.73. The third-order valence-electron chi connectivity index (χ3n) is 4.55. The molecule has 0 unspecified atom stereocenters. The molecule has 9 heteroatoms. The van der Waals surface area contributed by atoms with E-state index in [1.54, 1.807) is 13.2 Å². The van der Waals surface area contributed by atoms with Crippen LogP contribution >= 0.6 is 11.3 Å². The molecule has 4 rings (SSSR count). The number of carbonyl (C=O) groups is 1. The maximum Gasteiger partial charge on any atom is 0.412 e. The fraction of sp³-hybridized carbons (Fsp3) is 0.190. The molecule has 0 saturated carbocycles. The van der Waals surface area contributed by atoms with Crippen molar-refractivity contribution in [1.29, 1.82) is 0 Å². The first-order chi connectivity index (χ1) is 14.6. The highest BCUT2D eigenvalue weighted by molar-refractivity contribution is 7.19. The van der Waals surface area contributed by atoms with Crippen LogP contribution in [-0.2, 0) is 11.2 Å². The summed E-state index contributed by atoms with van der Waals surface area (Å²) in [5, 5.41) is 7.45. The molecule has 0 saturated heterocycles. The normalized spacial score (nSPS) is 11.9. The van der Waals surface area contributed by atoms with Crippen LogP contribution in [0.3, 0.4) is 0 Å². The fourth-order valence-corrected chi connectivity index (χ4v) is 3.98. The predicted octanol–water partition coefficient (Wildman–Crippen LogP) is 3.85. The molecule has 0 aliphatic heterocycles. The largest absolute Gasteiger partial charge is 0.448 e. The summed E-state index contributed by atoms with van der Waals surface area (Å²) >= 11 is 1.41. The van der Waals surface area contributed by atoms with Crippen molar-refractivity contribution >= 4 is 39.3 Å². The number of fused-ring (bicyclic) bond motifs is 1. The van der Waals surface area contributed by atoms with Crippen molar-refractivity contribution in [2.45, 2.75) is 12.5 Å². The van der Waals surface area contributed by atoms with Gasteiger partial charge >= 0.3 is 6.09 Å². The molecular formula is C21H22N6O2S. The zero-order valence-corrected chi connectivity index (χ0v) is 17.2. The summed E-state index contributed by atoms with van der Waals surface area (Å²) < 4.78 is 5.31. The van der Waals surface area contributed by atoms with Gasteiger partial charge in [0.1, 0.15) is 6.61 Å². The number of nitrogens with one attached hydrogen (secondary N) is 3. The van der Waals surface area contributed by atoms with Gasteiger partial charge in [0.15, 0.2) is 0 Å². The van der Waals surface area contributed by atoms with Gasteiger partial charge in [0.2, 0.25) is 5.95 Å². The van der Waals surface area contributed by atoms with Crippen LogP contribution in [-0.4, -0.2) is 40.7 Å². The van der Waals surface area contributed by atoms with Gasteiger partial charge in [-0.3, -0.25) is 5.32 Å². The summed E-state index contributed by atoms with van der Waals surface area (Å²) in [5.41, 5.74) is 9.12. The Kier molecular flexibility index (Phi) is 5.92. The van der Waals surface area contributed by atoms with Crippen LogP contribution in [0.5, 0.6) is 0 Å². The van der Waals surface area contributed by atoms with Crippen LogP contribution in [0.15, 0.2) is 54.9 Å². The number of hydrogen-bond acceptors (Lipinski definition) is 7. The number of H-pyrrole nitrogens is 1. The topological polar surface area (TPSA) is 118 Å². The zero-order chi connectivity index (χ0) is 20.9. The number of anilines is 2. The first kappa shape index (κ1) is 19.9. The van der Waals surface area contributed by atoms with Crippen molar-refractivity contribution in [2.75, 3.05) is 24.3 Å². The van der Waals surface area contributed by atoms with Crippen LogP contribution in [0.25, 0.3) is 21.5 Å². The first-order valence-electron chi connectivity index (χ1n) is 9.47. The Balaban J connectivity index is 1.30. The number of amides is 1. The Labute approximate surface area is 177 Å². The highest BCUT2D eigenvalue weighted by Gasteiger charge is 2.13. The van der Waals surface area contributed by atoms with Gasteiger partial charge in [-0.25, -0.2) is 14.8 Å². The maximum atomic E-state index is 12.2. The maximum absolute atomic E-state index is 12.2. The first-order valence-corrected chi connectivity index (χ1v) is 10.3. The van der Waals surface area contributed by atoms with E-state index in [4.69, 9.17) is 10.5 Å². The van der Waals surface area contributed by atoms with Crippen molar-refractivity contribution in [3.63, 3.8) is 0 Å². The minimum absolute atomic E-state index is 0.126. The smallest absolute Gasteiger partial charge is 0.412 e. The molecule has 3 aromatic heterocycles. The average Bonchev–Trinajstić information content (AvgIpc) is 3.40. The standard InChI is InChI=1S/C21H22N6O2S/c1-23-20-24-9-8-17(26-20)18-6-7-19(30-18)27-21(28)29-12-14(22)10-13-11-25-16-5-3-2-4-15(13)16/h2-9,11,14,25H,10,12,22H2,1H3,(H,27,28)(H,23,24,26)/t14-/m0/s1. The number of benzene rings is 1. The van der Waals surface area contributed by atoms with Gasteiger partial charge in [0, 0.05) is 36.4 Å². The van der Waals surface area contributed by atoms with E-state index < -0.39 is 6.09 Å². The number of rotatable bonds is 7. The molecule has 30 heavy (non-hydrogen) atoms. The number of aromatic nitrogens is 3. The lowest BCUT2D eigenvalue weighted by atomic mass is 10.1. The van der Waals surface area contributed by atoms with E-state index in [1.807, 2.05) is 48.7 Å². The molecule has 154 valence electrons. The van der Waals surface area contributed by atoms with Crippen LogP contribution in [0, 0.1) is 0 Å². The second-order valence-corrected chi connectivity index (χ2v) is 7.81. The van der Waals surface area contributed by atoms with E-state index in [2.05, 4.69) is 25.6 Å². The molecule has 0 radical (unpaired) electrons. The van der Waals surface area contributed by atoms with Crippen LogP contribution in [0.4, 0.5) is 15.7 Å². The number of ether oxygens (including phenoxy) is 1. The van der Waals surface area contributed by atoms with Crippen molar-refractivity contribution in [3.8, 4) is 10.6 Å². The third-order valence-corrected chi connectivity index (χ3v) is 5.57. The van der Waals surface area contributed by atoms with E-state index >= 15 is 0 Å². The van der Waals surface area contributed by atoms with E-state index in [1.165, 1.54) is 11.3 Å². The molecule has 0 aliphatic rings. The molecule has 8 nitrogen and oxygen atoms in total. The molecular weight excluding hydrogens is 400 g/mol. The van der Waals surface area contributed by atoms with Gasteiger partial charge in [-0.15, -0.1) is 11.3 Å². The van der Waals surface area contributed by atoms with E-state index in [0.717, 1.165) is 27.0 Å². The summed E-state index contributed by atoms with van der Waals surface area (Å²) in [6.07, 6.45) is 3.72. The Hall–Kier alpha value is -3.43. The molecule has 0 fully saturated rings. The molecule has 3 heterocycles. The van der Waals surface area contributed by atoms with Crippen molar-refractivity contribution in [1.82, 2.24) is 15.0 Å². The van der Waals surface area contributed by atoms with Crippen molar-refractivity contribution in [2.24, 2.45) is 5.73 Å². The van der Waals surface area contributed by atoms with Crippen molar-refractivity contribution in [3.05, 3.63) is 60.4 Å². The quantitative estimate of drug-likeness (QED) is 0.359. The summed E-state index contributed by atoms with van der Waals surface area (Å²) in [5.74, 6) is 0.541. The van der Waals surface area contributed by atoms with E-state index in [9.17, 15) is 4.79 Å². The van der Waals surface area contributed by atoms with Gasteiger partial charge in [0.25, 0.3) is 0 Å². The highest BCUT2D eigenvalue weighted by Crippen LogP contribution is 2.30. The van der Waals surface area contributed by atoms with Crippen LogP contribution < -0.4 is 16.4 Å². The van der Waals surface area contributed by atoms with E-state index in [-0.39, 0.29) is 12.6 Å². The van der Waals surface area contributed by atoms with Crippen molar-refractivity contribution < 1.29 is 9.53 Å². The zero-order valence-electron chi connectivity index (χ0n) is 16.4. The van der Waals surface area contributed by atoms with Crippen LogP contribution in [0.1, 0.15) is 5.56 Å². The summed E-state index contributed by atoms with van der Waals surface area (Å²) in [6, 6.07) is 13.3. The molecule has 1 aromatic carbocycles. The number of hydrogen-bond donors (Lipinski definition) is 4. The summed E-state index contributed by atoms with van der Waals surface area (Å²) in [4.78, 5) is 24.8. The lowest BCUT2D eigenvalue weighted by Crippen LogP contribution is -2.31. The van der Waals surface area contributed by atoms with Gasteiger partial charge < -0.3 is 20.8 Å². The summed E-state index contributed by atoms with van der Waals surface area (Å²) in [7, 11) is 1.76. The number of para-hydroxylation sites is 1. The number of aromatic amines is 1. The minimum Gasteiger partial charge on any atom is -0.448 e. The van der Waals surface area contributed by atoms with E-state index in [0.29, 0.717) is 17.4 Å². The minimum atomic E-state index is -0.531. The van der Waals surface area contributed by atoms with Crippen LogP contribution in [0.2, 0.25) is 0 Å². The molecule has 5 N–H and O–H groups in total. The molecule has 1 amide bonds. The van der Waals surface area contributed by atoms with Gasteiger partial charge in [0.05, 0.1) is 15.6 Å². The Morgan fingerprint density at radius 2 is 2.13 bits per heavy atom. The number of thiophene rings is 1. The highest BCUT2D eigenvalue weighted by atomic mass is 32.1. The molecule has 0 spiro atoms. The summed E-state index contributed by atoms with van der Waals surface area (Å²) in [6.45, 7) is 0.126. The lowest BCUT2D eigenvalue weighted by Gasteiger charge is -2.12. The lowest BCUT2D eigenvalue weighted by molar-refractivity contribution is 0.154. The Morgan fingerprint density at radius 1 is 1.27 bits per heavy atom.